The number of primary amides is 1. The summed E-state index contributed by atoms with van der Waals surface area (Å²) < 4.78 is 92.0. The van der Waals surface area contributed by atoms with Crippen LogP contribution < -0.4 is 54.0 Å². The van der Waals surface area contributed by atoms with E-state index in [-0.39, 0.29) is 89.8 Å². The number of carbonyl (C=O) groups is 6. The van der Waals surface area contributed by atoms with Crippen molar-refractivity contribution in [3.63, 3.8) is 0 Å². The van der Waals surface area contributed by atoms with Crippen LogP contribution in [0.15, 0.2) is 122 Å². The van der Waals surface area contributed by atoms with Gasteiger partial charge in [-0.3, -0.25) is 47.5 Å². The molecule has 4 aromatic carbocycles. The van der Waals surface area contributed by atoms with Crippen molar-refractivity contribution in [2.24, 2.45) is 45.8 Å². The van der Waals surface area contributed by atoms with Crippen LogP contribution >= 0.6 is 46.4 Å². The molecule has 2 saturated carbocycles. The number of nitrogens with zero attached hydrogens (tertiary/aromatic N) is 20. The second kappa shape index (κ2) is 38.3. The molecule has 0 saturated heterocycles. The Morgan fingerprint density at radius 1 is 0.411 bits per heavy atom. The fourth-order valence-electron chi connectivity index (χ4n) is 9.88. The van der Waals surface area contributed by atoms with Crippen LogP contribution in [0.25, 0.3) is 45.6 Å². The number of carbonyl (C=O) groups excluding carboxylic acids is 6. The molecular weight excluding hydrogens is 1520 g/mol. The highest BCUT2D eigenvalue weighted by Gasteiger charge is 2.31. The molecule has 0 aliphatic heterocycles. The summed E-state index contributed by atoms with van der Waals surface area (Å²) >= 11 is 22.9. The third-order valence-corrected chi connectivity index (χ3v) is 16.9. The summed E-state index contributed by atoms with van der Waals surface area (Å²) in [4.78, 5) is 87.5. The molecule has 0 atom stereocenters. The number of amides is 6. The van der Waals surface area contributed by atoms with E-state index in [1.54, 1.807) is 107 Å². The van der Waals surface area contributed by atoms with Crippen LogP contribution in [0.1, 0.15) is 106 Å². The normalized spacial score (nSPS) is 13.7. The molecule has 2 aliphatic carbocycles. The topological polar surface area (TPSA) is 477 Å². The first-order valence-electron chi connectivity index (χ1n) is 39.1. The van der Waals surface area contributed by atoms with Gasteiger partial charge in [0.15, 0.2) is 67.4 Å². The maximum absolute atomic E-state index is 12.6. The van der Waals surface area contributed by atoms with Gasteiger partial charge in [-0.05, 0) is 106 Å². The van der Waals surface area contributed by atoms with E-state index in [4.69, 9.17) is 74.3 Å². The first-order valence-corrected chi connectivity index (χ1v) is 34.6. The van der Waals surface area contributed by atoms with Crippen molar-refractivity contribution in [3.8, 4) is 45.6 Å². The third kappa shape index (κ3) is 22.1. The summed E-state index contributed by atoms with van der Waals surface area (Å²) in [5.74, 6) is -1.25. The van der Waals surface area contributed by atoms with Crippen molar-refractivity contribution in [3.05, 3.63) is 188 Å². The van der Waals surface area contributed by atoms with E-state index >= 15 is 0 Å². The van der Waals surface area contributed by atoms with Gasteiger partial charge in [-0.15, -0.1) is 40.8 Å². The second-order valence-corrected chi connectivity index (χ2v) is 25.8. The van der Waals surface area contributed by atoms with E-state index in [1.165, 1.54) is 24.3 Å². The van der Waals surface area contributed by atoms with E-state index in [2.05, 4.69) is 102 Å². The van der Waals surface area contributed by atoms with E-state index in [0.29, 0.717) is 34.5 Å². The Bertz CT molecular complexity index is 5740. The number of benzene rings is 4. The number of aryl methyl sites for hydroxylation is 4. The molecule has 0 bridgehead atoms. The number of rotatable bonds is 17. The van der Waals surface area contributed by atoms with Crippen LogP contribution in [-0.2, 0) is 37.8 Å². The van der Waals surface area contributed by atoms with Crippen LogP contribution in [0.3, 0.4) is 0 Å². The molecule has 36 nitrogen and oxygen atoms in total. The molecule has 0 spiro atoms. The SMILES string of the molecule is Cc1c(N)cccc1-c1ncn(C)n1.NC(=O)C1CC1.[2H]C([2H])([2H])NC(=O)c1nnc(Cl)cc1Cl.[2H]C([2H])([2H])NC(=O)c1nnc(Cl)cc1Nc1cccc(-c2ncn(C)n2)c1C.[2H]C([2H])([2H])NC(=O)c1nnc(Cl)cc1Nc1cccc(-c2ncn(C)n2)c1C.[2H]C([2H])([2H])NC(=O)c1nnc(NC(=O)C2CC2)cc1Nc1cccc(-c2ncn(C)n2)c1C. The molecule has 12 N–H and O–H groups in total. The molecule has 0 radical (unpaired) electrons. The van der Waals surface area contributed by atoms with E-state index < -0.39 is 51.5 Å². The fraction of sp³-hybridized carbons (Fsp3) is 0.250. The minimum atomic E-state index is -2.70. The summed E-state index contributed by atoms with van der Waals surface area (Å²) in [6, 6.07) is 27.6. The van der Waals surface area contributed by atoms with Gasteiger partial charge in [0.2, 0.25) is 11.8 Å². The number of halogens is 4. The molecule has 40 heteroatoms. The van der Waals surface area contributed by atoms with E-state index in [0.717, 1.165) is 81.7 Å². The predicted molar refractivity (Wildman–Crippen MR) is 424 cm³/mol. The molecule has 0 unspecified atom stereocenters. The minimum Gasteiger partial charge on any atom is -0.398 e. The Kier molecular flexibility index (Phi) is 23.0. The highest BCUT2D eigenvalue weighted by atomic mass is 35.5. The van der Waals surface area contributed by atoms with Gasteiger partial charge in [-0.25, -0.2) is 19.9 Å². The largest absolute Gasteiger partial charge is 0.398 e. The number of nitrogens with one attached hydrogen (secondary N) is 8. The van der Waals surface area contributed by atoms with Crippen LogP contribution in [-0.4, -0.2) is 163 Å². The van der Waals surface area contributed by atoms with Gasteiger partial charge in [-0.1, -0.05) is 94.9 Å². The summed E-state index contributed by atoms with van der Waals surface area (Å²) in [5, 5.41) is 65.8. The number of hydrogen-bond acceptors (Lipinski definition) is 26. The predicted octanol–water partition coefficient (Wildman–Crippen LogP) is 9.10. The van der Waals surface area contributed by atoms with Crippen molar-refractivity contribution in [2.75, 3.05) is 54.9 Å². The van der Waals surface area contributed by atoms with E-state index in [9.17, 15) is 28.8 Å². The van der Waals surface area contributed by atoms with Gasteiger partial charge in [0.05, 0.1) is 22.1 Å². The third-order valence-electron chi connectivity index (χ3n) is 16.1. The molecule has 14 rings (SSSR count). The molecule has 8 heterocycles. The smallest absolute Gasteiger partial charge is 0.273 e. The number of nitrogen functional groups attached to an aromatic ring is 1. The quantitative estimate of drug-likeness (QED) is 0.0380. The lowest BCUT2D eigenvalue weighted by atomic mass is 10.1. The van der Waals surface area contributed by atoms with Crippen molar-refractivity contribution in [1.82, 2.24) is 121 Å². The lowest BCUT2D eigenvalue weighted by Crippen LogP contribution is -2.22. The lowest BCUT2D eigenvalue weighted by molar-refractivity contribution is -0.119. The number of aromatic nitrogens is 20. The van der Waals surface area contributed by atoms with Crippen LogP contribution in [0.2, 0.25) is 20.5 Å². The van der Waals surface area contributed by atoms with Crippen LogP contribution in [0, 0.1) is 39.5 Å². The lowest BCUT2D eigenvalue weighted by Gasteiger charge is -2.15. The standard InChI is InChI=1S/C20H22N8O2.2C16H16ClN7O.C10H12N4.C6H5Cl2N3O.C4H7NO/c1-11-13(18-22-10-28(3)27-18)5-4-6-14(11)23-15-9-16(24-19(29)12-7-8-12)25-26-17(15)20(30)21-2;2*1-9-10(15-19-8-24(3)23-15)5-4-6-11(9)20-12-7-13(17)21-22-14(12)16(25)18-2;1-7-8(4-3-5-9(7)11)10-12-6-14(2)13-10;1-9-6(12)5-3(7)2-4(8)10-11-5;5-4(6)3-1-2-3/h4-6,9-10,12H,7-8H2,1-3H3,(H,21,30)(H2,23,24,25,29);2*4-8H,1-3H3,(H,18,25)(H,20,21);3-6H,11H2,1-2H3;2H,1H3,(H,9,12);3H,1-2H2,(H2,5,6)/i3*2D3;;1D3;. The first-order chi connectivity index (χ1) is 58.2. The summed E-state index contributed by atoms with van der Waals surface area (Å²) in [5.41, 5.74) is 19.9. The van der Waals surface area contributed by atoms with Gasteiger partial charge in [0.1, 0.15) is 25.3 Å². The molecule has 8 aromatic heterocycles. The van der Waals surface area contributed by atoms with Gasteiger partial charge in [0.25, 0.3) is 23.6 Å². The van der Waals surface area contributed by atoms with Crippen molar-refractivity contribution in [1.29, 1.82) is 0 Å². The monoisotopic (exact) mass is 1610 g/mol. The zero-order valence-electron chi connectivity index (χ0n) is 72.6. The summed E-state index contributed by atoms with van der Waals surface area (Å²) in [6.45, 7) is -3.04. The molecule has 6 amide bonds. The van der Waals surface area contributed by atoms with Crippen LogP contribution in [0.5, 0.6) is 0 Å². The average molecular weight is 1610 g/mol. The Morgan fingerprint density at radius 3 is 1.05 bits per heavy atom. The number of hydrogen-bond donors (Lipinski definition) is 10. The number of nitrogens with two attached hydrogens (primary N) is 2. The van der Waals surface area contributed by atoms with Crippen molar-refractivity contribution in [2.45, 2.75) is 53.4 Å². The van der Waals surface area contributed by atoms with Gasteiger partial charge >= 0.3 is 0 Å². The van der Waals surface area contributed by atoms with E-state index in [1.807, 2.05) is 87.1 Å². The van der Waals surface area contributed by atoms with Gasteiger partial charge < -0.3 is 54.0 Å². The summed E-state index contributed by atoms with van der Waals surface area (Å²) in [6.07, 6.45) is 10.1. The summed E-state index contributed by atoms with van der Waals surface area (Å²) in [7, 11) is 7.16. The zero-order valence-corrected chi connectivity index (χ0v) is 63.6. The Labute approximate surface area is 678 Å². The molecule has 12 aromatic rings. The minimum absolute atomic E-state index is 0.0189. The van der Waals surface area contributed by atoms with Gasteiger partial charge in [0, 0.05) is 148 Å². The maximum atomic E-state index is 12.6. The maximum Gasteiger partial charge on any atom is 0.273 e. The zero-order chi connectivity index (χ0) is 91.0. The second-order valence-electron chi connectivity index (χ2n) is 24.3. The van der Waals surface area contributed by atoms with Crippen LogP contribution in [0.4, 0.5) is 45.6 Å². The van der Waals surface area contributed by atoms with Crippen molar-refractivity contribution < 1.29 is 45.2 Å². The molecule has 580 valence electrons. The molecule has 2 aliphatic rings. The van der Waals surface area contributed by atoms with Gasteiger partial charge in [-0.2, -0.15) is 20.4 Å². The Morgan fingerprint density at radius 2 is 0.732 bits per heavy atom. The fourth-order valence-corrected chi connectivity index (χ4v) is 10.6. The molecular formula is C72H78Cl4N30O6. The molecule has 2 fully saturated rings. The highest BCUT2D eigenvalue weighted by molar-refractivity contribution is 6.35. The Balaban J connectivity index is 0.000000178. The highest BCUT2D eigenvalue weighted by Crippen LogP contribution is 2.35. The Hall–Kier alpha value is -13.1. The number of anilines is 8. The first kappa shape index (κ1) is 67.1. The molecule has 112 heavy (non-hydrogen) atoms. The van der Waals surface area contributed by atoms with Crippen molar-refractivity contribution >= 4 is 127 Å². The average Bonchev–Trinajstić information content (AvgIpc) is 1.28.